The van der Waals surface area contributed by atoms with Gasteiger partial charge in [-0.1, -0.05) is 61.5 Å². The highest BCUT2D eigenvalue weighted by atomic mass is 15.6. The number of rotatable bonds is 5. The molecule has 27 heavy (non-hydrogen) atoms. The van der Waals surface area contributed by atoms with Gasteiger partial charge >= 0.3 is 0 Å². The number of hydrogen-bond donors (Lipinski definition) is 0. The molecule has 1 aliphatic heterocycles. The van der Waals surface area contributed by atoms with Gasteiger partial charge in [0.05, 0.1) is 11.6 Å². The highest BCUT2D eigenvalue weighted by Crippen LogP contribution is 2.34. The predicted molar refractivity (Wildman–Crippen MR) is 106 cm³/mol. The first kappa shape index (κ1) is 17.9. The summed E-state index contributed by atoms with van der Waals surface area (Å²) in [5.74, 6) is 0.924. The van der Waals surface area contributed by atoms with Crippen molar-refractivity contribution < 1.29 is 0 Å². The van der Waals surface area contributed by atoms with E-state index in [1.165, 1.54) is 16.7 Å². The summed E-state index contributed by atoms with van der Waals surface area (Å²) in [6.45, 7) is 8.48. The van der Waals surface area contributed by atoms with Crippen LogP contribution in [-0.4, -0.2) is 31.7 Å². The van der Waals surface area contributed by atoms with Crippen LogP contribution in [0, 0.1) is 0 Å². The Hall–Kier alpha value is -2.53. The molecule has 1 aromatic heterocycles. The molecule has 1 unspecified atom stereocenters. The first-order chi connectivity index (χ1) is 13.1. The van der Waals surface area contributed by atoms with Gasteiger partial charge in [-0.05, 0) is 53.8 Å². The molecule has 0 N–H and O–H groups in total. The van der Waals surface area contributed by atoms with Gasteiger partial charge in [0, 0.05) is 13.1 Å². The lowest BCUT2D eigenvalue weighted by Crippen LogP contribution is -2.38. The van der Waals surface area contributed by atoms with Gasteiger partial charge in [0.1, 0.15) is 0 Å². The van der Waals surface area contributed by atoms with Crippen molar-refractivity contribution in [1.82, 2.24) is 25.1 Å². The number of aromatic nitrogens is 4. The smallest absolute Gasteiger partial charge is 0.173 e. The summed E-state index contributed by atoms with van der Waals surface area (Å²) in [6.07, 6.45) is 2.02. The van der Waals surface area contributed by atoms with E-state index in [4.69, 9.17) is 0 Å². The number of hydrogen-bond acceptors (Lipinski definition) is 4. The second kappa shape index (κ2) is 7.24. The standard InChI is InChI=1S/C22H27N5/c1-4-22(2,3)27-21(23-24-25-27)20(18-11-6-5-7-12-18)26-15-14-17-10-8-9-13-19(17)16-26/h5-13,20H,4,14-16H2,1-3H3. The molecule has 0 radical (unpaired) electrons. The Labute approximate surface area is 161 Å². The highest BCUT2D eigenvalue weighted by molar-refractivity contribution is 5.31. The fourth-order valence-corrected chi connectivity index (χ4v) is 3.84. The summed E-state index contributed by atoms with van der Waals surface area (Å²) in [6, 6.07) is 19.4. The van der Waals surface area contributed by atoms with Crippen molar-refractivity contribution in [1.29, 1.82) is 0 Å². The van der Waals surface area contributed by atoms with E-state index < -0.39 is 0 Å². The lowest BCUT2D eigenvalue weighted by Gasteiger charge is -2.36. The van der Waals surface area contributed by atoms with Gasteiger partial charge in [-0.25, -0.2) is 4.68 Å². The Morgan fingerprint density at radius 2 is 1.70 bits per heavy atom. The zero-order valence-electron chi connectivity index (χ0n) is 16.3. The van der Waals surface area contributed by atoms with E-state index in [9.17, 15) is 0 Å². The molecule has 0 saturated heterocycles. The van der Waals surface area contributed by atoms with Crippen LogP contribution in [0.4, 0.5) is 0 Å². The summed E-state index contributed by atoms with van der Waals surface area (Å²) >= 11 is 0. The predicted octanol–water partition coefficient (Wildman–Crippen LogP) is 3.97. The van der Waals surface area contributed by atoms with E-state index in [0.717, 1.165) is 31.8 Å². The molecule has 0 amide bonds. The van der Waals surface area contributed by atoms with Crippen molar-refractivity contribution in [3.63, 3.8) is 0 Å². The highest BCUT2D eigenvalue weighted by Gasteiger charge is 2.33. The molecule has 0 saturated carbocycles. The van der Waals surface area contributed by atoms with E-state index in [0.29, 0.717) is 0 Å². The quantitative estimate of drug-likeness (QED) is 0.690. The molecule has 1 aliphatic rings. The number of nitrogens with zero attached hydrogens (tertiary/aromatic N) is 5. The minimum absolute atomic E-state index is 0.0420. The van der Waals surface area contributed by atoms with E-state index in [1.54, 1.807) is 0 Å². The van der Waals surface area contributed by atoms with Crippen molar-refractivity contribution in [2.24, 2.45) is 0 Å². The largest absolute Gasteiger partial charge is 0.285 e. The maximum absolute atomic E-state index is 4.50. The molecule has 2 heterocycles. The van der Waals surface area contributed by atoms with Gasteiger partial charge in [0.25, 0.3) is 0 Å². The molecule has 0 aliphatic carbocycles. The Morgan fingerprint density at radius 3 is 2.44 bits per heavy atom. The summed E-state index contributed by atoms with van der Waals surface area (Å²) in [4.78, 5) is 2.51. The lowest BCUT2D eigenvalue weighted by molar-refractivity contribution is 0.181. The zero-order valence-corrected chi connectivity index (χ0v) is 16.3. The molecule has 0 spiro atoms. The maximum atomic E-state index is 4.50. The van der Waals surface area contributed by atoms with Gasteiger partial charge in [-0.3, -0.25) is 4.90 Å². The van der Waals surface area contributed by atoms with Gasteiger partial charge in [0.2, 0.25) is 0 Å². The zero-order chi connectivity index (χ0) is 18.9. The second-order valence-electron chi connectivity index (χ2n) is 7.92. The van der Waals surface area contributed by atoms with Crippen LogP contribution in [0.15, 0.2) is 54.6 Å². The van der Waals surface area contributed by atoms with Crippen LogP contribution < -0.4 is 0 Å². The molecule has 4 rings (SSSR count). The molecule has 3 aromatic rings. The summed E-state index contributed by atoms with van der Waals surface area (Å²) in [5.41, 5.74) is 3.96. The molecule has 0 fully saturated rings. The minimum atomic E-state index is -0.125. The average molecular weight is 361 g/mol. The van der Waals surface area contributed by atoms with Crippen molar-refractivity contribution in [2.45, 2.75) is 51.7 Å². The summed E-state index contributed by atoms with van der Waals surface area (Å²) in [7, 11) is 0. The van der Waals surface area contributed by atoms with Crippen molar-refractivity contribution >= 4 is 0 Å². The van der Waals surface area contributed by atoms with E-state index in [-0.39, 0.29) is 11.6 Å². The lowest BCUT2D eigenvalue weighted by atomic mass is 9.95. The van der Waals surface area contributed by atoms with Crippen molar-refractivity contribution in [2.75, 3.05) is 6.54 Å². The van der Waals surface area contributed by atoms with Crippen LogP contribution in [0.1, 0.15) is 55.7 Å². The SMILES string of the molecule is CCC(C)(C)n1nnnc1C(c1ccccc1)N1CCc2ccccc2C1. The van der Waals surface area contributed by atoms with Crippen LogP contribution >= 0.6 is 0 Å². The summed E-state index contributed by atoms with van der Waals surface area (Å²) < 4.78 is 2.02. The van der Waals surface area contributed by atoms with Crippen LogP contribution in [0.25, 0.3) is 0 Å². The van der Waals surface area contributed by atoms with Crippen LogP contribution in [0.5, 0.6) is 0 Å². The molecular weight excluding hydrogens is 334 g/mol. The number of fused-ring (bicyclic) bond motifs is 1. The first-order valence-corrected chi connectivity index (χ1v) is 9.74. The molecule has 140 valence electrons. The number of tetrazole rings is 1. The number of benzene rings is 2. The Morgan fingerprint density at radius 1 is 1.00 bits per heavy atom. The fraction of sp³-hybridized carbons (Fsp3) is 0.409. The summed E-state index contributed by atoms with van der Waals surface area (Å²) in [5, 5.41) is 12.9. The van der Waals surface area contributed by atoms with Crippen LogP contribution in [0.3, 0.4) is 0 Å². The molecular formula is C22H27N5. The van der Waals surface area contributed by atoms with Gasteiger partial charge in [0.15, 0.2) is 5.82 Å². The van der Waals surface area contributed by atoms with Crippen LogP contribution in [0.2, 0.25) is 0 Å². The molecule has 5 nitrogen and oxygen atoms in total. The average Bonchev–Trinajstić information content (AvgIpc) is 3.19. The van der Waals surface area contributed by atoms with E-state index in [1.807, 2.05) is 4.68 Å². The fourth-order valence-electron chi connectivity index (χ4n) is 3.84. The third-order valence-corrected chi connectivity index (χ3v) is 5.82. The van der Waals surface area contributed by atoms with Crippen molar-refractivity contribution in [3.8, 4) is 0 Å². The van der Waals surface area contributed by atoms with E-state index >= 15 is 0 Å². The third-order valence-electron chi connectivity index (χ3n) is 5.82. The first-order valence-electron chi connectivity index (χ1n) is 9.74. The van der Waals surface area contributed by atoms with Gasteiger partial charge in [-0.15, -0.1) is 5.10 Å². The molecule has 0 bridgehead atoms. The van der Waals surface area contributed by atoms with Crippen LogP contribution in [-0.2, 0) is 18.5 Å². The third kappa shape index (κ3) is 3.39. The minimum Gasteiger partial charge on any atom is -0.285 e. The monoisotopic (exact) mass is 361 g/mol. The van der Waals surface area contributed by atoms with Gasteiger partial charge < -0.3 is 0 Å². The normalized spacial score (nSPS) is 16.1. The molecule has 1 atom stereocenters. The van der Waals surface area contributed by atoms with E-state index in [2.05, 4.69) is 95.8 Å². The second-order valence-corrected chi connectivity index (χ2v) is 7.92. The van der Waals surface area contributed by atoms with Crippen molar-refractivity contribution in [3.05, 3.63) is 77.1 Å². The molecule has 5 heteroatoms. The van der Waals surface area contributed by atoms with Gasteiger partial charge in [-0.2, -0.15) is 0 Å². The Kier molecular flexibility index (Phi) is 4.79. The topological polar surface area (TPSA) is 46.8 Å². The maximum Gasteiger partial charge on any atom is 0.173 e. The molecule has 2 aromatic carbocycles. The Bertz CT molecular complexity index is 900. The Balaban J connectivity index is 1.78.